The Morgan fingerprint density at radius 1 is 1.09 bits per heavy atom. The smallest absolute Gasteiger partial charge is 0.270 e. The summed E-state index contributed by atoms with van der Waals surface area (Å²) in [5, 5.41) is 0. The van der Waals surface area contributed by atoms with Crippen molar-refractivity contribution in [3.05, 3.63) is 100 Å². The number of carbonyl (C=O) groups is 2. The molecule has 2 saturated heterocycles. The van der Waals surface area contributed by atoms with Gasteiger partial charge in [0.2, 0.25) is 0 Å². The Balaban J connectivity index is 1.50. The standard InChI is InChI=1S/C26H26N4O4/c1-28-22(10-5-11-23(28)31)24(32)29-13-14-34-26(18-29)21(20-8-3-2-4-9-20)17-30(25(26)33)16-19-7-6-12-27-15-19/h2-12,15,21H,13-14,16-18H2,1H3. The molecular weight excluding hydrogens is 432 g/mol. The van der Waals surface area contributed by atoms with E-state index in [2.05, 4.69) is 4.98 Å². The molecule has 0 radical (unpaired) electrons. The van der Waals surface area contributed by atoms with Gasteiger partial charge in [0.1, 0.15) is 5.69 Å². The summed E-state index contributed by atoms with van der Waals surface area (Å²) in [5.74, 6) is -0.661. The van der Waals surface area contributed by atoms with Gasteiger partial charge in [-0.1, -0.05) is 42.5 Å². The van der Waals surface area contributed by atoms with Crippen LogP contribution in [0.3, 0.4) is 0 Å². The van der Waals surface area contributed by atoms with Gasteiger partial charge in [0, 0.05) is 51.1 Å². The maximum absolute atomic E-state index is 13.9. The maximum Gasteiger partial charge on any atom is 0.270 e. The van der Waals surface area contributed by atoms with Crippen LogP contribution < -0.4 is 5.56 Å². The van der Waals surface area contributed by atoms with Gasteiger partial charge in [0.25, 0.3) is 17.4 Å². The van der Waals surface area contributed by atoms with E-state index in [1.165, 1.54) is 10.6 Å². The number of hydrogen-bond donors (Lipinski definition) is 0. The zero-order valence-electron chi connectivity index (χ0n) is 19.0. The number of hydrogen-bond acceptors (Lipinski definition) is 5. The number of rotatable bonds is 4. The quantitative estimate of drug-likeness (QED) is 0.596. The highest BCUT2D eigenvalue weighted by Crippen LogP contribution is 2.42. The topological polar surface area (TPSA) is 84.7 Å². The number of aromatic nitrogens is 2. The molecule has 3 aromatic rings. The second-order valence-electron chi connectivity index (χ2n) is 8.78. The summed E-state index contributed by atoms with van der Waals surface area (Å²) in [4.78, 5) is 47.0. The maximum atomic E-state index is 13.9. The van der Waals surface area contributed by atoms with Crippen molar-refractivity contribution in [2.24, 2.45) is 7.05 Å². The molecule has 1 aromatic carbocycles. The minimum Gasteiger partial charge on any atom is -0.361 e. The highest BCUT2D eigenvalue weighted by Gasteiger charge is 2.58. The molecular formula is C26H26N4O4. The van der Waals surface area contributed by atoms with Gasteiger partial charge in [0.15, 0.2) is 5.60 Å². The molecule has 8 nitrogen and oxygen atoms in total. The molecule has 34 heavy (non-hydrogen) atoms. The van der Waals surface area contributed by atoms with Crippen LogP contribution in [0.4, 0.5) is 0 Å². The molecule has 8 heteroatoms. The molecule has 2 amide bonds. The van der Waals surface area contributed by atoms with Gasteiger partial charge in [0.05, 0.1) is 13.2 Å². The van der Waals surface area contributed by atoms with Crippen LogP contribution in [0.15, 0.2) is 77.9 Å². The fraction of sp³-hybridized carbons (Fsp3) is 0.308. The number of ether oxygens (including phenoxy) is 1. The molecule has 174 valence electrons. The number of carbonyl (C=O) groups excluding carboxylic acids is 2. The fourth-order valence-corrected chi connectivity index (χ4v) is 4.98. The minimum absolute atomic E-state index is 0.122. The van der Waals surface area contributed by atoms with Crippen molar-refractivity contribution in [1.29, 1.82) is 0 Å². The van der Waals surface area contributed by atoms with E-state index in [9.17, 15) is 14.4 Å². The number of amides is 2. The molecule has 5 rings (SSSR count). The second-order valence-corrected chi connectivity index (χ2v) is 8.78. The molecule has 1 spiro atoms. The Hall–Kier alpha value is -3.78. The minimum atomic E-state index is -1.19. The lowest BCUT2D eigenvalue weighted by atomic mass is 9.83. The SMILES string of the molecule is Cn1c(C(=O)N2CCOC3(C2)C(=O)N(Cc2cccnc2)CC3c2ccccc2)cccc1=O. The van der Waals surface area contributed by atoms with E-state index in [1.807, 2.05) is 42.5 Å². The van der Waals surface area contributed by atoms with Gasteiger partial charge in [-0.2, -0.15) is 0 Å². The van der Waals surface area contributed by atoms with E-state index in [0.29, 0.717) is 25.3 Å². The zero-order valence-corrected chi connectivity index (χ0v) is 19.0. The Labute approximate surface area is 197 Å². The van der Waals surface area contributed by atoms with E-state index in [1.54, 1.807) is 41.4 Å². The average Bonchev–Trinajstić information content (AvgIpc) is 3.12. The third kappa shape index (κ3) is 3.80. The Bertz CT molecular complexity index is 1260. The van der Waals surface area contributed by atoms with Crippen molar-refractivity contribution < 1.29 is 14.3 Å². The normalized spacial score (nSPS) is 22.4. The predicted octanol–water partition coefficient (Wildman–Crippen LogP) is 1.82. The highest BCUT2D eigenvalue weighted by molar-refractivity contribution is 5.95. The molecule has 2 unspecified atom stereocenters. The lowest BCUT2D eigenvalue weighted by Gasteiger charge is -2.42. The van der Waals surface area contributed by atoms with Crippen LogP contribution in [0.2, 0.25) is 0 Å². The third-order valence-corrected chi connectivity index (χ3v) is 6.75. The first-order valence-electron chi connectivity index (χ1n) is 11.3. The van der Waals surface area contributed by atoms with Crippen LogP contribution in [0.25, 0.3) is 0 Å². The summed E-state index contributed by atoms with van der Waals surface area (Å²) in [5.41, 5.74) is 0.771. The van der Waals surface area contributed by atoms with E-state index in [-0.39, 0.29) is 36.4 Å². The molecule has 2 aliphatic heterocycles. The number of pyridine rings is 2. The van der Waals surface area contributed by atoms with E-state index in [4.69, 9.17) is 4.74 Å². The number of likely N-dealkylation sites (tertiary alicyclic amines) is 1. The Morgan fingerprint density at radius 2 is 1.91 bits per heavy atom. The summed E-state index contributed by atoms with van der Waals surface area (Å²) in [6.07, 6.45) is 3.46. The van der Waals surface area contributed by atoms with Gasteiger partial charge in [-0.25, -0.2) is 0 Å². The molecule has 0 saturated carbocycles. The zero-order chi connectivity index (χ0) is 23.7. The molecule has 2 aliphatic rings. The molecule has 2 aromatic heterocycles. The third-order valence-electron chi connectivity index (χ3n) is 6.75. The summed E-state index contributed by atoms with van der Waals surface area (Å²) >= 11 is 0. The second kappa shape index (κ2) is 8.87. The Kier molecular flexibility index (Phi) is 5.75. The largest absolute Gasteiger partial charge is 0.361 e. The van der Waals surface area contributed by atoms with E-state index in [0.717, 1.165) is 11.1 Å². The van der Waals surface area contributed by atoms with E-state index < -0.39 is 5.60 Å². The molecule has 2 atom stereocenters. The van der Waals surface area contributed by atoms with Crippen LogP contribution in [-0.4, -0.2) is 63.0 Å². The monoisotopic (exact) mass is 458 g/mol. The van der Waals surface area contributed by atoms with Crippen LogP contribution >= 0.6 is 0 Å². The molecule has 2 fully saturated rings. The first kappa shape index (κ1) is 22.0. The van der Waals surface area contributed by atoms with E-state index >= 15 is 0 Å². The number of morpholine rings is 1. The van der Waals surface area contributed by atoms with Crippen molar-refractivity contribution in [2.45, 2.75) is 18.1 Å². The van der Waals surface area contributed by atoms with Crippen LogP contribution in [-0.2, 0) is 23.1 Å². The first-order valence-corrected chi connectivity index (χ1v) is 11.3. The molecule has 0 bridgehead atoms. The van der Waals surface area contributed by atoms with Crippen LogP contribution in [0.1, 0.15) is 27.5 Å². The van der Waals surface area contributed by atoms with Gasteiger partial charge in [-0.15, -0.1) is 0 Å². The average molecular weight is 459 g/mol. The van der Waals surface area contributed by atoms with Gasteiger partial charge in [-0.05, 0) is 23.3 Å². The Morgan fingerprint density at radius 3 is 2.68 bits per heavy atom. The van der Waals surface area contributed by atoms with Crippen LogP contribution in [0, 0.1) is 0 Å². The molecule has 0 N–H and O–H groups in total. The molecule has 0 aliphatic carbocycles. The fourth-order valence-electron chi connectivity index (χ4n) is 4.98. The van der Waals surface area contributed by atoms with Crippen molar-refractivity contribution in [3.63, 3.8) is 0 Å². The number of nitrogens with zero attached hydrogens (tertiary/aromatic N) is 4. The van der Waals surface area contributed by atoms with Gasteiger partial charge in [-0.3, -0.25) is 19.4 Å². The summed E-state index contributed by atoms with van der Waals surface area (Å²) in [6.45, 7) is 1.60. The summed E-state index contributed by atoms with van der Waals surface area (Å²) < 4.78 is 7.61. The number of benzene rings is 1. The van der Waals surface area contributed by atoms with Gasteiger partial charge < -0.3 is 19.1 Å². The van der Waals surface area contributed by atoms with Crippen molar-refractivity contribution >= 4 is 11.8 Å². The van der Waals surface area contributed by atoms with Crippen molar-refractivity contribution in [1.82, 2.24) is 19.4 Å². The highest BCUT2D eigenvalue weighted by atomic mass is 16.5. The van der Waals surface area contributed by atoms with Crippen molar-refractivity contribution in [2.75, 3.05) is 26.2 Å². The van der Waals surface area contributed by atoms with Gasteiger partial charge >= 0.3 is 0 Å². The summed E-state index contributed by atoms with van der Waals surface area (Å²) in [7, 11) is 1.58. The molecule has 4 heterocycles. The first-order chi connectivity index (χ1) is 16.5. The summed E-state index contributed by atoms with van der Waals surface area (Å²) in [6, 6.07) is 18.2. The lowest BCUT2D eigenvalue weighted by molar-refractivity contribution is -0.160. The van der Waals surface area contributed by atoms with Crippen LogP contribution in [0.5, 0.6) is 0 Å². The predicted molar refractivity (Wildman–Crippen MR) is 125 cm³/mol. The lowest BCUT2D eigenvalue weighted by Crippen LogP contribution is -2.59. The van der Waals surface area contributed by atoms with Crippen molar-refractivity contribution in [3.8, 4) is 0 Å².